The molecule has 0 spiro atoms. The molecule has 86 valence electrons. The van der Waals surface area contributed by atoms with Crippen LogP contribution in [-0.4, -0.2) is 22.2 Å². The molecule has 0 saturated carbocycles. The van der Waals surface area contributed by atoms with Crippen LogP contribution < -0.4 is 21.9 Å². The first-order chi connectivity index (χ1) is 7.77. The Kier molecular flexibility index (Phi) is 3.42. The van der Waals surface area contributed by atoms with E-state index in [-0.39, 0.29) is 18.5 Å². The van der Waals surface area contributed by atoms with E-state index >= 15 is 0 Å². The highest BCUT2D eigenvalue weighted by molar-refractivity contribution is 5.68. The van der Waals surface area contributed by atoms with Gasteiger partial charge in [0.15, 0.2) is 0 Å². The summed E-state index contributed by atoms with van der Waals surface area (Å²) in [5.74, 6) is -1.01. The number of aliphatic carboxylic acids is 1. The van der Waals surface area contributed by atoms with Gasteiger partial charge in [0.25, 0.3) is 0 Å². The minimum Gasteiger partial charge on any atom is -0.481 e. The Morgan fingerprint density at radius 1 is 1.38 bits per heavy atom. The zero-order chi connectivity index (χ0) is 11.4. The largest absolute Gasteiger partial charge is 0.481 e. The van der Waals surface area contributed by atoms with E-state index in [0.29, 0.717) is 0 Å². The minimum absolute atomic E-state index is 0.0397. The summed E-state index contributed by atoms with van der Waals surface area (Å²) in [5, 5.41) is 8.89. The van der Waals surface area contributed by atoms with E-state index in [1.54, 1.807) is 12.4 Å². The summed E-state index contributed by atoms with van der Waals surface area (Å²) in [5.41, 5.74) is 12.1. The van der Waals surface area contributed by atoms with Crippen LogP contribution in [0.2, 0.25) is 0 Å². The number of rotatable bonds is 4. The molecular weight excluding hydrogens is 210 g/mol. The van der Waals surface area contributed by atoms with E-state index in [1.165, 1.54) is 0 Å². The first kappa shape index (κ1) is 11.0. The van der Waals surface area contributed by atoms with Gasteiger partial charge < -0.3 is 5.11 Å². The Bertz CT molecular complexity index is 352. The van der Waals surface area contributed by atoms with Gasteiger partial charge in [-0.3, -0.25) is 9.78 Å². The van der Waals surface area contributed by atoms with Gasteiger partial charge in [0.05, 0.1) is 12.6 Å². The third kappa shape index (κ3) is 2.52. The Balaban J connectivity index is 2.16. The predicted octanol–water partition coefficient (Wildman–Crippen LogP) is -0.917. The second-order valence-electron chi connectivity index (χ2n) is 3.50. The van der Waals surface area contributed by atoms with Gasteiger partial charge >= 0.3 is 5.97 Å². The van der Waals surface area contributed by atoms with E-state index in [1.807, 2.05) is 12.1 Å². The Hall–Kier alpha value is -1.54. The predicted molar refractivity (Wildman–Crippen MR) is 55.6 cm³/mol. The molecule has 1 saturated heterocycles. The molecule has 2 heterocycles. The third-order valence-electron chi connectivity index (χ3n) is 2.45. The lowest BCUT2D eigenvalue weighted by Crippen LogP contribution is -2.40. The molecule has 1 aliphatic rings. The lowest BCUT2D eigenvalue weighted by atomic mass is 9.94. The van der Waals surface area contributed by atoms with Crippen LogP contribution in [0.1, 0.15) is 17.9 Å². The molecule has 0 bridgehead atoms. The van der Waals surface area contributed by atoms with Gasteiger partial charge in [-0.05, 0) is 17.7 Å². The fourth-order valence-electron chi connectivity index (χ4n) is 1.69. The van der Waals surface area contributed by atoms with E-state index in [9.17, 15) is 4.79 Å². The maximum Gasteiger partial charge on any atom is 0.304 e. The van der Waals surface area contributed by atoms with Crippen molar-refractivity contribution in [2.45, 2.75) is 18.5 Å². The molecule has 0 aromatic carbocycles. The molecule has 1 aromatic heterocycles. The summed E-state index contributed by atoms with van der Waals surface area (Å²) in [6, 6.07) is 3.63. The SMILES string of the molecule is O=C(O)CC(c1ccncc1)C1NNNN1. The van der Waals surface area contributed by atoms with Crippen LogP contribution in [-0.2, 0) is 4.79 Å². The van der Waals surface area contributed by atoms with Gasteiger partial charge in [0.2, 0.25) is 0 Å². The summed E-state index contributed by atoms with van der Waals surface area (Å²) in [4.78, 5) is 14.7. The number of nitrogens with zero attached hydrogens (tertiary/aromatic N) is 1. The standard InChI is InChI=1S/C9H13N5O2/c15-8(16)5-7(9-11-13-14-12-9)6-1-3-10-4-2-6/h1-4,7,9,11-14H,5H2,(H,15,16). The monoisotopic (exact) mass is 223 g/mol. The van der Waals surface area contributed by atoms with Crippen LogP contribution in [0, 0.1) is 0 Å². The Morgan fingerprint density at radius 2 is 2.00 bits per heavy atom. The average Bonchev–Trinajstić information content (AvgIpc) is 2.80. The molecule has 0 amide bonds. The molecule has 1 aromatic rings. The van der Waals surface area contributed by atoms with Crippen molar-refractivity contribution >= 4 is 5.97 Å². The number of aromatic nitrogens is 1. The zero-order valence-corrected chi connectivity index (χ0v) is 8.47. The van der Waals surface area contributed by atoms with Crippen LogP contribution in [0.15, 0.2) is 24.5 Å². The Morgan fingerprint density at radius 3 is 2.56 bits per heavy atom. The van der Waals surface area contributed by atoms with Gasteiger partial charge in [-0.15, -0.1) is 0 Å². The topological polar surface area (TPSA) is 98.3 Å². The van der Waals surface area contributed by atoms with Crippen molar-refractivity contribution in [1.82, 2.24) is 26.9 Å². The summed E-state index contributed by atoms with van der Waals surface area (Å²) < 4.78 is 0. The van der Waals surface area contributed by atoms with Crippen LogP contribution in [0.5, 0.6) is 0 Å². The minimum atomic E-state index is -0.836. The highest BCUT2D eigenvalue weighted by Crippen LogP contribution is 2.22. The molecule has 1 unspecified atom stereocenters. The van der Waals surface area contributed by atoms with Gasteiger partial charge in [-0.2, -0.15) is 11.1 Å². The molecule has 16 heavy (non-hydrogen) atoms. The van der Waals surface area contributed by atoms with Gasteiger partial charge in [-0.1, -0.05) is 0 Å². The van der Waals surface area contributed by atoms with E-state index < -0.39 is 5.97 Å². The van der Waals surface area contributed by atoms with Gasteiger partial charge in [-0.25, -0.2) is 10.9 Å². The summed E-state index contributed by atoms with van der Waals surface area (Å²) in [7, 11) is 0. The first-order valence-corrected chi connectivity index (χ1v) is 4.90. The number of hydrogen-bond acceptors (Lipinski definition) is 6. The quantitative estimate of drug-likeness (QED) is 0.450. The van der Waals surface area contributed by atoms with Gasteiger partial charge in [0, 0.05) is 18.3 Å². The van der Waals surface area contributed by atoms with Crippen LogP contribution in [0.25, 0.3) is 0 Å². The van der Waals surface area contributed by atoms with Crippen molar-refractivity contribution in [3.63, 3.8) is 0 Å². The maximum atomic E-state index is 10.8. The molecular formula is C9H13N5O2. The lowest BCUT2D eigenvalue weighted by Gasteiger charge is -2.21. The molecule has 1 atom stereocenters. The van der Waals surface area contributed by atoms with E-state index in [2.05, 4.69) is 26.9 Å². The third-order valence-corrected chi connectivity index (χ3v) is 2.45. The number of hydrogen-bond donors (Lipinski definition) is 5. The number of pyridine rings is 1. The molecule has 0 aliphatic carbocycles. The second kappa shape index (κ2) is 4.99. The van der Waals surface area contributed by atoms with Crippen molar-refractivity contribution in [2.24, 2.45) is 0 Å². The van der Waals surface area contributed by atoms with E-state index in [4.69, 9.17) is 5.11 Å². The molecule has 7 heteroatoms. The number of nitrogens with one attached hydrogen (secondary N) is 4. The fourth-order valence-corrected chi connectivity index (χ4v) is 1.69. The molecule has 2 rings (SSSR count). The zero-order valence-electron chi connectivity index (χ0n) is 8.47. The molecule has 1 aliphatic heterocycles. The Labute approximate surface area is 92.2 Å². The summed E-state index contributed by atoms with van der Waals surface area (Å²) >= 11 is 0. The van der Waals surface area contributed by atoms with Crippen molar-refractivity contribution in [3.8, 4) is 0 Å². The maximum absolute atomic E-state index is 10.8. The second-order valence-corrected chi connectivity index (χ2v) is 3.50. The summed E-state index contributed by atoms with van der Waals surface area (Å²) in [6.07, 6.45) is 3.16. The number of carboxylic acids is 1. The van der Waals surface area contributed by atoms with Crippen molar-refractivity contribution in [1.29, 1.82) is 0 Å². The van der Waals surface area contributed by atoms with Crippen LogP contribution in [0.4, 0.5) is 0 Å². The van der Waals surface area contributed by atoms with Crippen LogP contribution in [0.3, 0.4) is 0 Å². The van der Waals surface area contributed by atoms with Crippen molar-refractivity contribution in [2.75, 3.05) is 0 Å². The normalized spacial score (nSPS) is 18.5. The van der Waals surface area contributed by atoms with Crippen molar-refractivity contribution in [3.05, 3.63) is 30.1 Å². The van der Waals surface area contributed by atoms with Crippen LogP contribution >= 0.6 is 0 Å². The first-order valence-electron chi connectivity index (χ1n) is 4.90. The van der Waals surface area contributed by atoms with Gasteiger partial charge in [0.1, 0.15) is 0 Å². The molecule has 7 nitrogen and oxygen atoms in total. The number of carboxylic acid groups (broad SMARTS) is 1. The fraction of sp³-hybridized carbons (Fsp3) is 0.333. The van der Waals surface area contributed by atoms with Crippen molar-refractivity contribution < 1.29 is 9.90 Å². The highest BCUT2D eigenvalue weighted by Gasteiger charge is 2.27. The summed E-state index contributed by atoms with van der Waals surface area (Å²) in [6.45, 7) is 0. The van der Waals surface area contributed by atoms with E-state index in [0.717, 1.165) is 5.56 Å². The highest BCUT2D eigenvalue weighted by atomic mass is 16.4. The molecule has 1 fully saturated rings. The average molecular weight is 223 g/mol. The lowest BCUT2D eigenvalue weighted by molar-refractivity contribution is -0.137. The number of hydrazine groups is 3. The molecule has 5 N–H and O–H groups in total. The number of carbonyl (C=O) groups is 1. The smallest absolute Gasteiger partial charge is 0.304 e. The molecule has 0 radical (unpaired) electrons.